The summed E-state index contributed by atoms with van der Waals surface area (Å²) in [7, 11) is 0. The van der Waals surface area contributed by atoms with Crippen LogP contribution in [0.4, 0.5) is 0 Å². The molecule has 0 aromatic rings. The van der Waals surface area contributed by atoms with Gasteiger partial charge in [0.2, 0.25) is 0 Å². The third kappa shape index (κ3) is 2.58. The zero-order valence-corrected chi connectivity index (χ0v) is 4.76. The lowest BCUT2D eigenvalue weighted by molar-refractivity contribution is -0.150. The van der Waals surface area contributed by atoms with E-state index in [0.717, 1.165) is 0 Å². The summed E-state index contributed by atoms with van der Waals surface area (Å²) in [5.74, 6) is -1.24. The van der Waals surface area contributed by atoms with Crippen LogP contribution in [0.25, 0.3) is 0 Å². The van der Waals surface area contributed by atoms with Gasteiger partial charge < -0.3 is 5.11 Å². The maximum atomic E-state index is 10.2. The van der Waals surface area contributed by atoms with Crippen LogP contribution < -0.4 is 0 Å². The highest BCUT2D eigenvalue weighted by Gasteiger charge is 2.12. The molecule has 0 rings (SSSR count). The molecule has 1 atom stereocenters. The number of hydrogen-bond donors (Lipinski definition) is 1. The highest BCUT2D eigenvalue weighted by molar-refractivity contribution is 5.71. The Morgan fingerprint density at radius 2 is 2.25 bits per heavy atom. The summed E-state index contributed by atoms with van der Waals surface area (Å²) >= 11 is 0. The molecule has 0 aliphatic carbocycles. The van der Waals surface area contributed by atoms with Crippen molar-refractivity contribution in [2.45, 2.75) is 25.9 Å². The summed E-state index contributed by atoms with van der Waals surface area (Å²) in [4.78, 5) is 9.78. The molecule has 47 valence electrons. The van der Waals surface area contributed by atoms with E-state index in [1.165, 1.54) is 0 Å². The van der Waals surface area contributed by atoms with Crippen molar-refractivity contribution in [3.05, 3.63) is 0 Å². The number of rotatable bonds is 3. The molecular formula is C5H9O3. The fourth-order valence-corrected chi connectivity index (χ4v) is 0.386. The lowest BCUT2D eigenvalue weighted by atomic mass is 10.2. The Kier molecular flexibility index (Phi) is 3.19. The molecule has 3 heteroatoms. The monoisotopic (exact) mass is 117 g/mol. The van der Waals surface area contributed by atoms with Crippen molar-refractivity contribution in [1.29, 1.82) is 0 Å². The second kappa shape index (κ2) is 3.43. The largest absolute Gasteiger partial charge is 0.479 e. The molecule has 0 saturated heterocycles. The summed E-state index contributed by atoms with van der Waals surface area (Å²) in [5, 5.41) is 18.2. The second-order valence-electron chi connectivity index (χ2n) is 1.62. The van der Waals surface area contributed by atoms with Crippen molar-refractivity contribution in [1.82, 2.24) is 0 Å². The molecule has 8 heavy (non-hydrogen) atoms. The van der Waals surface area contributed by atoms with Crippen LogP contribution in [0.15, 0.2) is 0 Å². The standard InChI is InChI=1S/C5H9O3/c1-2-3-4(6)5(7)8/h4H,2-3H2,1H3,(H,7,8). The van der Waals surface area contributed by atoms with E-state index < -0.39 is 12.1 Å². The van der Waals surface area contributed by atoms with Crippen LogP contribution >= 0.6 is 0 Å². The minimum atomic E-state index is -1.42. The zero-order chi connectivity index (χ0) is 6.57. The lowest BCUT2D eigenvalue weighted by Crippen LogP contribution is -2.16. The highest BCUT2D eigenvalue weighted by Crippen LogP contribution is 1.95. The summed E-state index contributed by atoms with van der Waals surface area (Å²) in [5.41, 5.74) is 0. The van der Waals surface area contributed by atoms with Gasteiger partial charge in [-0.15, -0.1) is 0 Å². The van der Waals surface area contributed by atoms with Gasteiger partial charge in [-0.25, -0.2) is 9.90 Å². The second-order valence-corrected chi connectivity index (χ2v) is 1.62. The van der Waals surface area contributed by atoms with Gasteiger partial charge in [0, 0.05) is 0 Å². The van der Waals surface area contributed by atoms with E-state index in [9.17, 15) is 9.90 Å². The lowest BCUT2D eigenvalue weighted by Gasteiger charge is -1.96. The van der Waals surface area contributed by atoms with E-state index in [2.05, 4.69) is 0 Å². The molecule has 0 fully saturated rings. The molecule has 0 bridgehead atoms. The first-order valence-electron chi connectivity index (χ1n) is 2.57. The Labute approximate surface area is 47.9 Å². The van der Waals surface area contributed by atoms with Gasteiger partial charge in [0.05, 0.1) is 0 Å². The Morgan fingerprint density at radius 3 is 2.38 bits per heavy atom. The summed E-state index contributed by atoms with van der Waals surface area (Å²) in [6.45, 7) is 1.79. The predicted octanol–water partition coefficient (Wildman–Crippen LogP) is 0.670. The molecule has 1 radical (unpaired) electrons. The topological polar surface area (TPSA) is 57.2 Å². The van der Waals surface area contributed by atoms with E-state index in [1.807, 2.05) is 0 Å². The third-order valence-corrected chi connectivity index (χ3v) is 0.826. The van der Waals surface area contributed by atoms with Crippen LogP contribution in [-0.4, -0.2) is 17.2 Å². The minimum Gasteiger partial charge on any atom is -0.479 e. The Hall–Kier alpha value is -0.570. The van der Waals surface area contributed by atoms with Crippen molar-refractivity contribution < 1.29 is 15.0 Å². The van der Waals surface area contributed by atoms with Crippen molar-refractivity contribution in [3.8, 4) is 0 Å². The number of carboxylic acid groups (broad SMARTS) is 1. The SMILES string of the molecule is CCCC([O])C(=O)O. The quantitative estimate of drug-likeness (QED) is 0.590. The average Bonchev–Trinajstić information content (AvgIpc) is 1.67. The van der Waals surface area contributed by atoms with Crippen LogP contribution in [0.3, 0.4) is 0 Å². The zero-order valence-electron chi connectivity index (χ0n) is 4.76. The summed E-state index contributed by atoms with van der Waals surface area (Å²) in [6.07, 6.45) is -0.546. The van der Waals surface area contributed by atoms with Crippen molar-refractivity contribution in [2.75, 3.05) is 0 Å². The molecule has 1 N–H and O–H groups in total. The Balaban J connectivity index is 3.32. The molecule has 0 aromatic heterocycles. The van der Waals surface area contributed by atoms with E-state index in [-0.39, 0.29) is 6.42 Å². The maximum absolute atomic E-state index is 10.2. The fraction of sp³-hybridized carbons (Fsp3) is 0.800. The number of carboxylic acids is 1. The average molecular weight is 117 g/mol. The Morgan fingerprint density at radius 1 is 1.75 bits per heavy atom. The van der Waals surface area contributed by atoms with Crippen LogP contribution in [0, 0.1) is 0 Å². The molecule has 3 nitrogen and oxygen atoms in total. The number of carbonyl (C=O) groups is 1. The van der Waals surface area contributed by atoms with Crippen molar-refractivity contribution in [3.63, 3.8) is 0 Å². The molecular weight excluding hydrogens is 108 g/mol. The van der Waals surface area contributed by atoms with Gasteiger partial charge in [-0.1, -0.05) is 13.3 Å². The molecule has 0 saturated carbocycles. The van der Waals surface area contributed by atoms with Gasteiger partial charge in [-0.3, -0.25) is 0 Å². The van der Waals surface area contributed by atoms with Crippen LogP contribution in [0.5, 0.6) is 0 Å². The van der Waals surface area contributed by atoms with E-state index in [0.29, 0.717) is 6.42 Å². The molecule has 1 unspecified atom stereocenters. The van der Waals surface area contributed by atoms with Gasteiger partial charge in [-0.2, -0.15) is 0 Å². The first-order chi connectivity index (χ1) is 3.68. The molecule has 0 heterocycles. The number of hydrogen-bond acceptors (Lipinski definition) is 1. The van der Waals surface area contributed by atoms with Gasteiger partial charge in [0.25, 0.3) is 0 Å². The molecule has 0 aromatic carbocycles. The normalized spacial score (nSPS) is 13.2. The van der Waals surface area contributed by atoms with E-state index >= 15 is 0 Å². The Bertz CT molecular complexity index is 79.7. The van der Waals surface area contributed by atoms with Gasteiger partial charge >= 0.3 is 5.97 Å². The van der Waals surface area contributed by atoms with E-state index in [1.54, 1.807) is 6.92 Å². The van der Waals surface area contributed by atoms with Gasteiger partial charge in [-0.05, 0) is 6.42 Å². The maximum Gasteiger partial charge on any atom is 0.336 e. The first kappa shape index (κ1) is 7.43. The summed E-state index contributed by atoms with van der Waals surface area (Å²) < 4.78 is 0. The molecule has 0 amide bonds. The van der Waals surface area contributed by atoms with Crippen LogP contribution in [0.1, 0.15) is 19.8 Å². The van der Waals surface area contributed by atoms with Crippen LogP contribution in [-0.2, 0) is 9.90 Å². The van der Waals surface area contributed by atoms with Gasteiger partial charge in [0.15, 0.2) is 6.10 Å². The van der Waals surface area contributed by atoms with Gasteiger partial charge in [0.1, 0.15) is 0 Å². The van der Waals surface area contributed by atoms with Crippen molar-refractivity contribution in [2.24, 2.45) is 0 Å². The molecule has 0 spiro atoms. The van der Waals surface area contributed by atoms with E-state index in [4.69, 9.17) is 5.11 Å². The minimum absolute atomic E-state index is 0.231. The number of aliphatic carboxylic acids is 1. The fourth-order valence-electron chi connectivity index (χ4n) is 0.386. The summed E-state index contributed by atoms with van der Waals surface area (Å²) in [6, 6.07) is 0. The predicted molar refractivity (Wildman–Crippen MR) is 27.0 cm³/mol. The highest BCUT2D eigenvalue weighted by atomic mass is 16.4. The van der Waals surface area contributed by atoms with Crippen molar-refractivity contribution >= 4 is 5.97 Å². The first-order valence-corrected chi connectivity index (χ1v) is 2.57. The molecule has 0 aliphatic rings. The molecule has 0 aliphatic heterocycles. The van der Waals surface area contributed by atoms with Crippen LogP contribution in [0.2, 0.25) is 0 Å². The smallest absolute Gasteiger partial charge is 0.336 e. The third-order valence-electron chi connectivity index (χ3n) is 0.826.